The van der Waals surface area contributed by atoms with Crippen LogP contribution in [0.4, 0.5) is 0 Å². The zero-order valence-corrected chi connectivity index (χ0v) is 8.38. The molecule has 1 heterocycles. The van der Waals surface area contributed by atoms with Gasteiger partial charge < -0.3 is 5.32 Å². The molecule has 1 saturated heterocycles. The van der Waals surface area contributed by atoms with E-state index in [1.165, 1.54) is 11.1 Å². The van der Waals surface area contributed by atoms with Gasteiger partial charge >= 0.3 is 0 Å². The van der Waals surface area contributed by atoms with E-state index in [1.54, 1.807) is 0 Å². The Morgan fingerprint density at radius 3 is 3.00 bits per heavy atom. The van der Waals surface area contributed by atoms with Crippen molar-refractivity contribution in [2.45, 2.75) is 19.3 Å². The number of nitrogens with one attached hydrogen (secondary N) is 1. The van der Waals surface area contributed by atoms with E-state index in [1.807, 2.05) is 12.1 Å². The second-order valence-electron chi connectivity index (χ2n) is 3.84. The van der Waals surface area contributed by atoms with E-state index in [0.29, 0.717) is 5.92 Å². The third kappa shape index (κ3) is 1.51. The lowest BCUT2D eigenvalue weighted by molar-refractivity contribution is 0.755. The molecule has 1 unspecified atom stereocenters. The molecule has 1 aromatic carbocycles. The van der Waals surface area contributed by atoms with E-state index in [2.05, 4.69) is 24.4 Å². The van der Waals surface area contributed by atoms with Gasteiger partial charge in [0.05, 0.1) is 11.6 Å². The van der Waals surface area contributed by atoms with E-state index < -0.39 is 0 Å². The van der Waals surface area contributed by atoms with Crippen molar-refractivity contribution < 1.29 is 0 Å². The lowest BCUT2D eigenvalue weighted by Crippen LogP contribution is -2.09. The summed E-state index contributed by atoms with van der Waals surface area (Å²) in [7, 11) is 0. The minimum atomic E-state index is 0.533. The van der Waals surface area contributed by atoms with E-state index in [-0.39, 0.29) is 0 Å². The normalized spacial score (nSPS) is 20.7. The molecule has 1 N–H and O–H groups in total. The molecule has 2 rings (SSSR count). The smallest absolute Gasteiger partial charge is 0.0994 e. The Morgan fingerprint density at radius 1 is 1.50 bits per heavy atom. The Bertz CT molecular complexity index is 370. The molecule has 1 fully saturated rings. The second kappa shape index (κ2) is 3.81. The van der Waals surface area contributed by atoms with Crippen molar-refractivity contribution in [2.24, 2.45) is 0 Å². The Morgan fingerprint density at radius 2 is 2.36 bits per heavy atom. The van der Waals surface area contributed by atoms with Crippen LogP contribution in [0.25, 0.3) is 0 Å². The Labute approximate surface area is 84.6 Å². The predicted molar refractivity (Wildman–Crippen MR) is 56.1 cm³/mol. The Kier molecular flexibility index (Phi) is 2.51. The Hall–Kier alpha value is -1.33. The van der Waals surface area contributed by atoms with Gasteiger partial charge in [-0.1, -0.05) is 12.1 Å². The number of benzene rings is 1. The number of nitrogens with zero attached hydrogens (tertiary/aromatic N) is 1. The van der Waals surface area contributed by atoms with E-state index in [0.717, 1.165) is 25.1 Å². The first-order valence-corrected chi connectivity index (χ1v) is 5.03. The van der Waals surface area contributed by atoms with Crippen LogP contribution in [-0.4, -0.2) is 13.1 Å². The summed E-state index contributed by atoms with van der Waals surface area (Å²) in [5.74, 6) is 0.533. The highest BCUT2D eigenvalue weighted by molar-refractivity contribution is 5.45. The molecule has 0 aromatic heterocycles. The monoisotopic (exact) mass is 186 g/mol. The van der Waals surface area contributed by atoms with Crippen LogP contribution in [0.15, 0.2) is 18.2 Å². The van der Waals surface area contributed by atoms with Gasteiger partial charge in [-0.05, 0) is 43.0 Å². The fraction of sp³-hybridized carbons (Fsp3) is 0.417. The third-order valence-corrected chi connectivity index (χ3v) is 2.91. The van der Waals surface area contributed by atoms with Gasteiger partial charge in [0, 0.05) is 6.54 Å². The molecule has 1 aromatic rings. The van der Waals surface area contributed by atoms with E-state index >= 15 is 0 Å². The van der Waals surface area contributed by atoms with Gasteiger partial charge in [-0.2, -0.15) is 5.26 Å². The summed E-state index contributed by atoms with van der Waals surface area (Å²) in [5, 5.41) is 12.4. The molecule has 72 valence electrons. The van der Waals surface area contributed by atoms with Gasteiger partial charge in [-0.3, -0.25) is 0 Å². The van der Waals surface area contributed by atoms with Crippen molar-refractivity contribution >= 4 is 0 Å². The summed E-state index contributed by atoms with van der Waals surface area (Å²) in [5.41, 5.74) is 3.34. The fourth-order valence-electron chi connectivity index (χ4n) is 2.22. The highest BCUT2D eigenvalue weighted by atomic mass is 14.9. The first-order chi connectivity index (χ1) is 6.83. The SMILES string of the molecule is Cc1cccc(C#N)c1C1CCNC1. The van der Waals surface area contributed by atoms with E-state index in [4.69, 9.17) is 5.26 Å². The fourth-order valence-corrected chi connectivity index (χ4v) is 2.22. The predicted octanol–water partition coefficient (Wildman–Crippen LogP) is 1.94. The zero-order chi connectivity index (χ0) is 9.97. The quantitative estimate of drug-likeness (QED) is 0.727. The van der Waals surface area contributed by atoms with Crippen molar-refractivity contribution in [3.63, 3.8) is 0 Å². The molecule has 0 amide bonds. The maximum atomic E-state index is 9.03. The molecule has 1 aliphatic heterocycles. The van der Waals surface area contributed by atoms with Crippen molar-refractivity contribution in [3.8, 4) is 6.07 Å². The number of aryl methyl sites for hydroxylation is 1. The number of hydrogen-bond acceptors (Lipinski definition) is 2. The summed E-state index contributed by atoms with van der Waals surface area (Å²) >= 11 is 0. The van der Waals surface area contributed by atoms with E-state index in [9.17, 15) is 0 Å². The van der Waals surface area contributed by atoms with Crippen LogP contribution >= 0.6 is 0 Å². The van der Waals surface area contributed by atoms with Gasteiger partial charge in [0.25, 0.3) is 0 Å². The second-order valence-corrected chi connectivity index (χ2v) is 3.84. The van der Waals surface area contributed by atoms with Crippen LogP contribution in [0.2, 0.25) is 0 Å². The van der Waals surface area contributed by atoms with Crippen molar-refractivity contribution in [2.75, 3.05) is 13.1 Å². The maximum Gasteiger partial charge on any atom is 0.0994 e. The molecule has 2 heteroatoms. The number of hydrogen-bond donors (Lipinski definition) is 1. The van der Waals surface area contributed by atoms with Gasteiger partial charge in [-0.25, -0.2) is 0 Å². The lowest BCUT2D eigenvalue weighted by atomic mass is 9.90. The molecule has 0 bridgehead atoms. The summed E-state index contributed by atoms with van der Waals surface area (Å²) in [6.07, 6.45) is 1.15. The van der Waals surface area contributed by atoms with Crippen LogP contribution in [-0.2, 0) is 0 Å². The highest BCUT2D eigenvalue weighted by Crippen LogP contribution is 2.28. The molecule has 1 aliphatic rings. The number of nitriles is 1. The summed E-state index contributed by atoms with van der Waals surface area (Å²) in [6.45, 7) is 4.18. The van der Waals surface area contributed by atoms with Crippen LogP contribution in [0, 0.1) is 18.3 Å². The Balaban J connectivity index is 2.44. The summed E-state index contributed by atoms with van der Waals surface area (Å²) in [4.78, 5) is 0. The first kappa shape index (κ1) is 9.23. The molecule has 0 radical (unpaired) electrons. The number of rotatable bonds is 1. The van der Waals surface area contributed by atoms with Crippen LogP contribution in [0.3, 0.4) is 0 Å². The lowest BCUT2D eigenvalue weighted by Gasteiger charge is -2.13. The van der Waals surface area contributed by atoms with Gasteiger partial charge in [0.1, 0.15) is 0 Å². The molecule has 0 saturated carbocycles. The molecule has 2 nitrogen and oxygen atoms in total. The summed E-state index contributed by atoms with van der Waals surface area (Å²) < 4.78 is 0. The van der Waals surface area contributed by atoms with Crippen LogP contribution in [0.1, 0.15) is 29.0 Å². The van der Waals surface area contributed by atoms with Gasteiger partial charge in [0.15, 0.2) is 0 Å². The first-order valence-electron chi connectivity index (χ1n) is 5.03. The molecular weight excluding hydrogens is 172 g/mol. The van der Waals surface area contributed by atoms with Gasteiger partial charge in [-0.15, -0.1) is 0 Å². The topological polar surface area (TPSA) is 35.8 Å². The van der Waals surface area contributed by atoms with Gasteiger partial charge in [0.2, 0.25) is 0 Å². The zero-order valence-electron chi connectivity index (χ0n) is 8.38. The summed E-state index contributed by atoms with van der Waals surface area (Å²) in [6, 6.07) is 8.25. The minimum Gasteiger partial charge on any atom is -0.316 e. The molecule has 1 atom stereocenters. The average Bonchev–Trinajstić information content (AvgIpc) is 2.70. The van der Waals surface area contributed by atoms with Crippen molar-refractivity contribution in [1.82, 2.24) is 5.32 Å². The van der Waals surface area contributed by atoms with Crippen LogP contribution in [0.5, 0.6) is 0 Å². The highest BCUT2D eigenvalue weighted by Gasteiger charge is 2.20. The standard InChI is InChI=1S/C12H14N2/c1-9-3-2-4-10(7-13)12(9)11-5-6-14-8-11/h2-4,11,14H,5-6,8H2,1H3. The third-order valence-electron chi connectivity index (χ3n) is 2.91. The van der Waals surface area contributed by atoms with Crippen LogP contribution < -0.4 is 5.32 Å². The van der Waals surface area contributed by atoms with Crippen molar-refractivity contribution in [3.05, 3.63) is 34.9 Å². The molecule has 14 heavy (non-hydrogen) atoms. The minimum absolute atomic E-state index is 0.533. The molecule has 0 spiro atoms. The molecule has 0 aliphatic carbocycles. The van der Waals surface area contributed by atoms with Crippen molar-refractivity contribution in [1.29, 1.82) is 5.26 Å². The average molecular weight is 186 g/mol. The maximum absolute atomic E-state index is 9.03. The molecular formula is C12H14N2. The largest absolute Gasteiger partial charge is 0.316 e.